The van der Waals surface area contributed by atoms with Gasteiger partial charge in [0, 0.05) is 30.3 Å². The predicted molar refractivity (Wildman–Crippen MR) is 102 cm³/mol. The van der Waals surface area contributed by atoms with Crippen LogP contribution in [-0.4, -0.2) is 25.0 Å². The van der Waals surface area contributed by atoms with E-state index in [1.807, 2.05) is 24.0 Å². The van der Waals surface area contributed by atoms with Crippen LogP contribution in [0.25, 0.3) is 0 Å². The summed E-state index contributed by atoms with van der Waals surface area (Å²) >= 11 is 0. The topological polar surface area (TPSA) is 58.6 Å². The number of nitrogens with zero attached hydrogens (tertiary/aromatic N) is 1. The molecule has 2 aromatic carbocycles. The van der Waals surface area contributed by atoms with Gasteiger partial charge >= 0.3 is 0 Å². The van der Waals surface area contributed by atoms with Gasteiger partial charge in [0.1, 0.15) is 5.75 Å². The highest BCUT2D eigenvalue weighted by Gasteiger charge is 2.31. The first-order chi connectivity index (χ1) is 12.5. The van der Waals surface area contributed by atoms with Crippen molar-refractivity contribution in [3.63, 3.8) is 0 Å². The normalized spacial score (nSPS) is 15.5. The third-order valence-electron chi connectivity index (χ3n) is 4.73. The minimum absolute atomic E-state index is 0.0185. The van der Waals surface area contributed by atoms with Crippen LogP contribution in [0, 0.1) is 0 Å². The molecule has 5 nitrogen and oxygen atoms in total. The van der Waals surface area contributed by atoms with Crippen molar-refractivity contribution in [2.45, 2.75) is 39.3 Å². The average Bonchev–Trinajstić information content (AvgIpc) is 3.00. The molecule has 0 unspecified atom stereocenters. The maximum Gasteiger partial charge on any atom is 0.258 e. The van der Waals surface area contributed by atoms with E-state index in [0.717, 1.165) is 29.0 Å². The number of methoxy groups -OCH3 is 1. The fourth-order valence-electron chi connectivity index (χ4n) is 3.27. The van der Waals surface area contributed by atoms with Gasteiger partial charge in [0.2, 0.25) is 5.91 Å². The third-order valence-corrected chi connectivity index (χ3v) is 4.73. The van der Waals surface area contributed by atoms with Crippen molar-refractivity contribution in [3.05, 3.63) is 59.2 Å². The Kier molecular flexibility index (Phi) is 5.26. The molecule has 0 spiro atoms. The molecule has 0 aromatic heterocycles. The molecular formula is C21H24N2O3. The fourth-order valence-corrected chi connectivity index (χ4v) is 3.27. The lowest BCUT2D eigenvalue weighted by molar-refractivity contribution is -0.120. The summed E-state index contributed by atoms with van der Waals surface area (Å²) in [5, 5.41) is 2.88. The van der Waals surface area contributed by atoms with Crippen LogP contribution in [0.5, 0.6) is 5.75 Å². The van der Waals surface area contributed by atoms with Crippen molar-refractivity contribution in [2.75, 3.05) is 12.0 Å². The molecule has 2 amide bonds. The Hall–Kier alpha value is -2.82. The second kappa shape index (κ2) is 7.60. The molecule has 0 bridgehead atoms. The van der Waals surface area contributed by atoms with Gasteiger partial charge in [-0.25, -0.2) is 0 Å². The maximum atomic E-state index is 13.1. The largest absolute Gasteiger partial charge is 0.497 e. The predicted octanol–water partition coefficient (Wildman–Crippen LogP) is 3.31. The molecule has 1 atom stereocenters. The number of ether oxygens (including phenoxy) is 1. The smallest absolute Gasteiger partial charge is 0.258 e. The van der Waals surface area contributed by atoms with E-state index in [-0.39, 0.29) is 17.9 Å². The monoisotopic (exact) mass is 352 g/mol. The minimum Gasteiger partial charge on any atom is -0.497 e. The van der Waals surface area contributed by atoms with E-state index in [0.29, 0.717) is 18.5 Å². The SMILES string of the molecule is CCC(=O)NCc1ccc2c(c1)N(C(=O)c1ccc(OC)cc1)[C@H](C)C2. The van der Waals surface area contributed by atoms with E-state index in [1.165, 1.54) is 0 Å². The van der Waals surface area contributed by atoms with Gasteiger partial charge in [-0.05, 0) is 54.8 Å². The highest BCUT2D eigenvalue weighted by Crippen LogP contribution is 2.34. The summed E-state index contributed by atoms with van der Waals surface area (Å²) in [6.07, 6.45) is 1.29. The number of hydrogen-bond acceptors (Lipinski definition) is 3. The van der Waals surface area contributed by atoms with Crippen molar-refractivity contribution < 1.29 is 14.3 Å². The number of carbonyl (C=O) groups excluding carboxylic acids is 2. The number of amides is 2. The van der Waals surface area contributed by atoms with Crippen molar-refractivity contribution in [1.29, 1.82) is 0 Å². The fraction of sp³-hybridized carbons (Fsp3) is 0.333. The average molecular weight is 352 g/mol. The molecule has 0 saturated heterocycles. The Balaban J connectivity index is 1.85. The lowest BCUT2D eigenvalue weighted by atomic mass is 10.1. The summed E-state index contributed by atoms with van der Waals surface area (Å²) in [5.41, 5.74) is 3.72. The number of nitrogens with one attached hydrogen (secondary N) is 1. The van der Waals surface area contributed by atoms with E-state index in [1.54, 1.807) is 31.4 Å². The molecule has 1 aliphatic heterocycles. The van der Waals surface area contributed by atoms with E-state index in [9.17, 15) is 9.59 Å². The molecular weight excluding hydrogens is 328 g/mol. The van der Waals surface area contributed by atoms with Gasteiger partial charge < -0.3 is 15.0 Å². The van der Waals surface area contributed by atoms with Gasteiger partial charge in [0.15, 0.2) is 0 Å². The molecule has 26 heavy (non-hydrogen) atoms. The molecule has 0 saturated carbocycles. The zero-order chi connectivity index (χ0) is 18.7. The van der Waals surface area contributed by atoms with Crippen molar-refractivity contribution in [3.8, 4) is 5.75 Å². The van der Waals surface area contributed by atoms with Gasteiger partial charge in [-0.1, -0.05) is 19.1 Å². The second-order valence-corrected chi connectivity index (χ2v) is 6.55. The first kappa shape index (κ1) is 18.0. The number of benzene rings is 2. The minimum atomic E-state index is -0.0198. The van der Waals surface area contributed by atoms with E-state index in [2.05, 4.69) is 18.3 Å². The molecule has 1 N–H and O–H groups in total. The van der Waals surface area contributed by atoms with E-state index >= 15 is 0 Å². The van der Waals surface area contributed by atoms with Crippen molar-refractivity contribution >= 4 is 17.5 Å². The van der Waals surface area contributed by atoms with Crippen LogP contribution in [-0.2, 0) is 17.8 Å². The number of rotatable bonds is 5. The molecule has 5 heteroatoms. The summed E-state index contributed by atoms with van der Waals surface area (Å²) in [6.45, 7) is 4.35. The number of carbonyl (C=O) groups is 2. The zero-order valence-corrected chi connectivity index (χ0v) is 15.4. The zero-order valence-electron chi connectivity index (χ0n) is 15.4. The van der Waals surface area contributed by atoms with Crippen LogP contribution in [0.15, 0.2) is 42.5 Å². The maximum absolute atomic E-state index is 13.1. The number of anilines is 1. The van der Waals surface area contributed by atoms with Crippen LogP contribution in [0.4, 0.5) is 5.69 Å². The van der Waals surface area contributed by atoms with E-state index < -0.39 is 0 Å². The molecule has 0 aliphatic carbocycles. The highest BCUT2D eigenvalue weighted by atomic mass is 16.5. The lowest BCUT2D eigenvalue weighted by Crippen LogP contribution is -2.35. The molecule has 1 heterocycles. The molecule has 0 fully saturated rings. The molecule has 2 aromatic rings. The summed E-state index contributed by atoms with van der Waals surface area (Å²) in [5.74, 6) is 0.726. The second-order valence-electron chi connectivity index (χ2n) is 6.55. The van der Waals surface area contributed by atoms with Gasteiger partial charge in [-0.3, -0.25) is 9.59 Å². The Morgan fingerprint density at radius 2 is 1.92 bits per heavy atom. The van der Waals surface area contributed by atoms with Gasteiger partial charge in [-0.2, -0.15) is 0 Å². The Morgan fingerprint density at radius 3 is 2.58 bits per heavy atom. The Labute approximate surface area is 154 Å². The highest BCUT2D eigenvalue weighted by molar-refractivity contribution is 6.07. The van der Waals surface area contributed by atoms with Crippen LogP contribution in [0.2, 0.25) is 0 Å². The Morgan fingerprint density at radius 1 is 1.19 bits per heavy atom. The standard InChI is InChI=1S/C21H24N2O3/c1-4-20(24)22-13-15-5-6-17-11-14(2)23(19(17)12-15)21(25)16-7-9-18(26-3)10-8-16/h5-10,12,14H,4,11,13H2,1-3H3,(H,22,24)/t14-/m1/s1. The first-order valence-corrected chi connectivity index (χ1v) is 8.89. The van der Waals surface area contributed by atoms with Gasteiger partial charge in [0.05, 0.1) is 7.11 Å². The number of fused-ring (bicyclic) bond motifs is 1. The molecule has 0 radical (unpaired) electrons. The summed E-state index contributed by atoms with van der Waals surface area (Å²) in [6, 6.07) is 13.4. The van der Waals surface area contributed by atoms with Crippen LogP contribution in [0.1, 0.15) is 41.8 Å². The summed E-state index contributed by atoms with van der Waals surface area (Å²) < 4.78 is 5.16. The van der Waals surface area contributed by atoms with Crippen molar-refractivity contribution in [1.82, 2.24) is 5.32 Å². The molecule has 1 aliphatic rings. The molecule has 3 rings (SSSR count). The summed E-state index contributed by atoms with van der Waals surface area (Å²) in [7, 11) is 1.61. The van der Waals surface area contributed by atoms with Gasteiger partial charge in [-0.15, -0.1) is 0 Å². The summed E-state index contributed by atoms with van der Waals surface area (Å²) in [4.78, 5) is 26.4. The number of hydrogen-bond donors (Lipinski definition) is 1. The van der Waals surface area contributed by atoms with Crippen molar-refractivity contribution in [2.24, 2.45) is 0 Å². The van der Waals surface area contributed by atoms with Crippen LogP contribution >= 0.6 is 0 Å². The quantitative estimate of drug-likeness (QED) is 0.898. The van der Waals surface area contributed by atoms with Crippen LogP contribution in [0.3, 0.4) is 0 Å². The lowest BCUT2D eigenvalue weighted by Gasteiger charge is -2.23. The third kappa shape index (κ3) is 3.57. The Bertz CT molecular complexity index is 815. The van der Waals surface area contributed by atoms with Gasteiger partial charge in [0.25, 0.3) is 5.91 Å². The molecule has 136 valence electrons. The first-order valence-electron chi connectivity index (χ1n) is 8.89. The van der Waals surface area contributed by atoms with Crippen LogP contribution < -0.4 is 15.0 Å². The van der Waals surface area contributed by atoms with E-state index in [4.69, 9.17) is 4.74 Å².